The van der Waals surface area contributed by atoms with E-state index in [2.05, 4.69) is 0 Å². The highest BCUT2D eigenvalue weighted by Crippen LogP contribution is 2.19. The second-order valence-electron chi connectivity index (χ2n) is 4.45. The molecule has 0 bridgehead atoms. The molecule has 5 heteroatoms. The third-order valence-electron chi connectivity index (χ3n) is 2.60. The van der Waals surface area contributed by atoms with Gasteiger partial charge in [-0.25, -0.2) is 12.7 Å². The summed E-state index contributed by atoms with van der Waals surface area (Å²) in [7, 11) is -3.74. The van der Waals surface area contributed by atoms with E-state index in [4.69, 9.17) is 0 Å². The first-order valence-electron chi connectivity index (χ1n) is 5.94. The number of amides is 1. The summed E-state index contributed by atoms with van der Waals surface area (Å²) < 4.78 is 25.7. The number of benzene rings is 1. The molecule has 0 unspecified atom stereocenters. The summed E-state index contributed by atoms with van der Waals surface area (Å²) >= 11 is 0. The highest BCUT2D eigenvalue weighted by molar-refractivity contribution is 7.89. The van der Waals surface area contributed by atoms with Crippen LogP contribution in [0.1, 0.15) is 32.8 Å². The Balaban J connectivity index is 3.26. The van der Waals surface area contributed by atoms with E-state index in [1.54, 1.807) is 32.9 Å². The Morgan fingerprint density at radius 3 is 2.11 bits per heavy atom. The van der Waals surface area contributed by atoms with Crippen molar-refractivity contribution in [2.24, 2.45) is 0 Å². The van der Waals surface area contributed by atoms with Gasteiger partial charge in [-0.1, -0.05) is 24.6 Å². The smallest absolute Gasteiger partial charge is 0.266 e. The third-order valence-corrected chi connectivity index (χ3v) is 4.61. The molecule has 1 aromatic carbocycles. The lowest BCUT2D eigenvalue weighted by atomic mass is 10.2. The summed E-state index contributed by atoms with van der Waals surface area (Å²) in [5.41, 5.74) is 0.979. The predicted molar refractivity (Wildman–Crippen MR) is 70.6 cm³/mol. The molecule has 0 aliphatic carbocycles. The molecular weight excluding hydrogens is 250 g/mol. The van der Waals surface area contributed by atoms with E-state index >= 15 is 0 Å². The van der Waals surface area contributed by atoms with Crippen LogP contribution in [0.4, 0.5) is 0 Å². The van der Waals surface area contributed by atoms with Crippen LogP contribution < -0.4 is 0 Å². The number of nitrogens with zero attached hydrogens (tertiary/aromatic N) is 1. The Labute approximate surface area is 109 Å². The average molecular weight is 269 g/mol. The van der Waals surface area contributed by atoms with Gasteiger partial charge in [-0.05, 0) is 32.9 Å². The quantitative estimate of drug-likeness (QED) is 0.843. The van der Waals surface area contributed by atoms with E-state index in [0.29, 0.717) is 0 Å². The molecule has 0 fully saturated rings. The zero-order valence-electron chi connectivity index (χ0n) is 11.2. The average Bonchev–Trinajstić information content (AvgIpc) is 2.28. The maximum absolute atomic E-state index is 12.4. The van der Waals surface area contributed by atoms with Crippen molar-refractivity contribution in [3.8, 4) is 0 Å². The lowest BCUT2D eigenvalue weighted by molar-refractivity contribution is -0.127. The minimum absolute atomic E-state index is 0.156. The van der Waals surface area contributed by atoms with Gasteiger partial charge < -0.3 is 0 Å². The fourth-order valence-electron chi connectivity index (χ4n) is 1.68. The van der Waals surface area contributed by atoms with Crippen LogP contribution >= 0.6 is 0 Å². The molecule has 0 radical (unpaired) electrons. The van der Waals surface area contributed by atoms with Crippen LogP contribution in [-0.4, -0.2) is 24.7 Å². The lowest BCUT2D eigenvalue weighted by Gasteiger charge is -2.25. The molecular formula is C13H19NO3S. The van der Waals surface area contributed by atoms with Crippen LogP contribution in [-0.2, 0) is 14.8 Å². The fourth-order valence-corrected chi connectivity index (χ4v) is 3.34. The largest absolute Gasteiger partial charge is 0.274 e. The fraction of sp³-hybridized carbons (Fsp3) is 0.462. The molecule has 1 rings (SSSR count). The van der Waals surface area contributed by atoms with E-state index in [1.165, 1.54) is 12.1 Å². The van der Waals surface area contributed by atoms with Crippen LogP contribution in [0.25, 0.3) is 0 Å². The normalized spacial score (nSPS) is 11.6. The minimum atomic E-state index is -3.74. The molecule has 0 atom stereocenters. The molecule has 0 aliphatic heterocycles. The van der Waals surface area contributed by atoms with Gasteiger partial charge in [0, 0.05) is 12.5 Å². The number of rotatable bonds is 4. The summed E-state index contributed by atoms with van der Waals surface area (Å²) in [6.07, 6.45) is 0.170. The van der Waals surface area contributed by atoms with Crippen LogP contribution in [0.2, 0.25) is 0 Å². The van der Waals surface area contributed by atoms with E-state index in [-0.39, 0.29) is 23.3 Å². The molecule has 0 aromatic heterocycles. The van der Waals surface area contributed by atoms with Crippen molar-refractivity contribution in [3.05, 3.63) is 29.8 Å². The van der Waals surface area contributed by atoms with Gasteiger partial charge in [-0.2, -0.15) is 0 Å². The molecule has 0 saturated carbocycles. The second-order valence-corrected chi connectivity index (χ2v) is 6.27. The predicted octanol–water partition coefficient (Wildman–Crippen LogP) is 2.33. The summed E-state index contributed by atoms with van der Waals surface area (Å²) in [6.45, 7) is 6.93. The van der Waals surface area contributed by atoms with Crippen molar-refractivity contribution in [2.45, 2.75) is 45.1 Å². The lowest BCUT2D eigenvalue weighted by Crippen LogP contribution is -2.41. The second kappa shape index (κ2) is 5.52. The van der Waals surface area contributed by atoms with E-state index in [9.17, 15) is 13.2 Å². The SMILES string of the molecule is CCC(=O)N(C(C)C)S(=O)(=O)c1ccc(C)cc1. The Bertz CT molecular complexity index is 518. The van der Waals surface area contributed by atoms with E-state index in [0.717, 1.165) is 9.87 Å². The number of hydrogen-bond donors (Lipinski definition) is 0. The summed E-state index contributed by atoms with van der Waals surface area (Å²) in [5.74, 6) is -0.384. The highest BCUT2D eigenvalue weighted by atomic mass is 32.2. The Hall–Kier alpha value is -1.36. The Morgan fingerprint density at radius 1 is 1.22 bits per heavy atom. The van der Waals surface area contributed by atoms with Crippen molar-refractivity contribution in [1.82, 2.24) is 4.31 Å². The minimum Gasteiger partial charge on any atom is -0.274 e. The van der Waals surface area contributed by atoms with Gasteiger partial charge in [0.15, 0.2) is 0 Å². The maximum Gasteiger partial charge on any atom is 0.266 e. The van der Waals surface area contributed by atoms with Gasteiger partial charge in [0.05, 0.1) is 4.90 Å². The zero-order valence-corrected chi connectivity index (χ0v) is 12.0. The van der Waals surface area contributed by atoms with E-state index in [1.807, 2.05) is 6.92 Å². The van der Waals surface area contributed by atoms with Crippen LogP contribution in [0.3, 0.4) is 0 Å². The van der Waals surface area contributed by atoms with Gasteiger partial charge >= 0.3 is 0 Å². The van der Waals surface area contributed by atoms with Crippen LogP contribution in [0.15, 0.2) is 29.2 Å². The van der Waals surface area contributed by atoms with Gasteiger partial charge in [0.1, 0.15) is 0 Å². The molecule has 0 aliphatic rings. The van der Waals surface area contributed by atoms with E-state index < -0.39 is 10.0 Å². The van der Waals surface area contributed by atoms with Crippen molar-refractivity contribution in [3.63, 3.8) is 0 Å². The molecule has 100 valence electrons. The van der Waals surface area contributed by atoms with Gasteiger partial charge in [0.2, 0.25) is 5.91 Å². The maximum atomic E-state index is 12.4. The molecule has 0 saturated heterocycles. The number of carbonyl (C=O) groups excluding carboxylic acids is 1. The molecule has 1 aromatic rings. The highest BCUT2D eigenvalue weighted by Gasteiger charge is 2.30. The van der Waals surface area contributed by atoms with Crippen molar-refractivity contribution >= 4 is 15.9 Å². The van der Waals surface area contributed by atoms with Crippen LogP contribution in [0.5, 0.6) is 0 Å². The Morgan fingerprint density at radius 2 is 1.72 bits per heavy atom. The topological polar surface area (TPSA) is 54.5 Å². The number of sulfonamides is 1. The first-order valence-corrected chi connectivity index (χ1v) is 7.38. The van der Waals surface area contributed by atoms with Crippen molar-refractivity contribution in [2.75, 3.05) is 0 Å². The standard InChI is InChI=1S/C13H19NO3S/c1-5-13(15)14(10(2)3)18(16,17)12-8-6-11(4)7-9-12/h6-10H,5H2,1-4H3. The molecule has 1 amide bonds. The van der Waals surface area contributed by atoms with Crippen molar-refractivity contribution < 1.29 is 13.2 Å². The zero-order chi connectivity index (χ0) is 13.9. The number of aryl methyl sites for hydroxylation is 1. The Kier molecular flexibility index (Phi) is 4.51. The summed E-state index contributed by atoms with van der Waals surface area (Å²) in [5, 5.41) is 0. The molecule has 0 N–H and O–H groups in total. The summed E-state index contributed by atoms with van der Waals surface area (Å²) in [4.78, 5) is 11.9. The first kappa shape index (κ1) is 14.7. The molecule has 0 heterocycles. The first-order chi connectivity index (χ1) is 8.30. The molecule has 0 spiro atoms. The van der Waals surface area contributed by atoms with Gasteiger partial charge in [0.25, 0.3) is 10.0 Å². The third kappa shape index (κ3) is 2.90. The van der Waals surface area contributed by atoms with Crippen molar-refractivity contribution in [1.29, 1.82) is 0 Å². The van der Waals surface area contributed by atoms with Crippen LogP contribution in [0, 0.1) is 6.92 Å². The number of carbonyl (C=O) groups is 1. The van der Waals surface area contributed by atoms with Gasteiger partial charge in [-0.3, -0.25) is 4.79 Å². The molecule has 4 nitrogen and oxygen atoms in total. The summed E-state index contributed by atoms with van der Waals surface area (Å²) in [6, 6.07) is 6.12. The molecule has 18 heavy (non-hydrogen) atoms. The monoisotopic (exact) mass is 269 g/mol. The number of hydrogen-bond acceptors (Lipinski definition) is 3. The van der Waals surface area contributed by atoms with Gasteiger partial charge in [-0.15, -0.1) is 0 Å².